The van der Waals surface area contributed by atoms with Crippen molar-refractivity contribution in [1.82, 2.24) is 14.8 Å². The average Bonchev–Trinajstić information content (AvgIpc) is 3.05. The number of aliphatic hydroxyl groups excluding tert-OH is 1. The van der Waals surface area contributed by atoms with E-state index in [0.717, 1.165) is 28.7 Å². The number of nitrogens with zero attached hydrogens (tertiary/aromatic N) is 3. The lowest BCUT2D eigenvalue weighted by Gasteiger charge is -2.16. The summed E-state index contributed by atoms with van der Waals surface area (Å²) >= 11 is 6.10. The Morgan fingerprint density at radius 3 is 2.77 bits per heavy atom. The first kappa shape index (κ1) is 18.8. The van der Waals surface area contributed by atoms with Gasteiger partial charge >= 0.3 is 0 Å². The number of fused-ring (bicyclic) bond motifs is 1. The van der Waals surface area contributed by atoms with E-state index in [1.807, 2.05) is 41.9 Å². The number of hydrogen-bond donors (Lipinski definition) is 2. The highest BCUT2D eigenvalue weighted by Crippen LogP contribution is 2.22. The molecule has 0 fully saturated rings. The van der Waals surface area contributed by atoms with Crippen LogP contribution in [0.1, 0.15) is 24.2 Å². The fraction of sp³-hybridized carbons (Fsp3) is 0.368. The first-order valence-electron chi connectivity index (χ1n) is 8.65. The maximum Gasteiger partial charge on any atom is 0.130 e. The van der Waals surface area contributed by atoms with Crippen LogP contribution in [0.5, 0.6) is 0 Å². The second-order valence-corrected chi connectivity index (χ2v) is 6.59. The van der Waals surface area contributed by atoms with Gasteiger partial charge in [-0.1, -0.05) is 41.9 Å². The summed E-state index contributed by atoms with van der Waals surface area (Å²) in [6.45, 7) is 3.25. The molecule has 3 N–H and O–H groups in total. The van der Waals surface area contributed by atoms with Crippen molar-refractivity contribution < 1.29 is 9.84 Å². The highest BCUT2D eigenvalue weighted by Gasteiger charge is 2.15. The Balaban J connectivity index is 1.61. The topological polar surface area (TPSA) is 86.2 Å². The summed E-state index contributed by atoms with van der Waals surface area (Å²) in [5.74, 6) is 0. The third kappa shape index (κ3) is 4.40. The van der Waals surface area contributed by atoms with Crippen LogP contribution >= 0.6 is 11.6 Å². The number of rotatable bonds is 8. The third-order valence-electron chi connectivity index (χ3n) is 4.22. The van der Waals surface area contributed by atoms with Gasteiger partial charge in [-0.2, -0.15) is 5.10 Å². The van der Waals surface area contributed by atoms with Crippen LogP contribution in [0, 0.1) is 0 Å². The zero-order chi connectivity index (χ0) is 18.5. The van der Waals surface area contributed by atoms with Crippen molar-refractivity contribution in [3.8, 4) is 0 Å². The van der Waals surface area contributed by atoms with Gasteiger partial charge in [0.2, 0.25) is 0 Å². The van der Waals surface area contributed by atoms with Gasteiger partial charge in [-0.15, -0.1) is 0 Å². The molecule has 0 aliphatic carbocycles. The van der Waals surface area contributed by atoms with Crippen molar-refractivity contribution in [2.75, 3.05) is 13.2 Å². The highest BCUT2D eigenvalue weighted by atomic mass is 35.5. The van der Waals surface area contributed by atoms with E-state index in [9.17, 15) is 5.11 Å². The average molecular weight is 375 g/mol. The maximum atomic E-state index is 10.4. The van der Waals surface area contributed by atoms with Crippen LogP contribution in [0.4, 0.5) is 0 Å². The number of pyridine rings is 1. The number of aromatic nitrogens is 3. The molecule has 26 heavy (non-hydrogen) atoms. The molecule has 1 unspecified atom stereocenters. The summed E-state index contributed by atoms with van der Waals surface area (Å²) in [4.78, 5) is 4.38. The molecule has 2 heterocycles. The van der Waals surface area contributed by atoms with Crippen LogP contribution in [0.25, 0.3) is 10.9 Å². The van der Waals surface area contributed by atoms with Crippen LogP contribution in [-0.4, -0.2) is 39.2 Å². The van der Waals surface area contributed by atoms with Crippen LogP contribution in [-0.2, 0) is 17.7 Å². The van der Waals surface area contributed by atoms with E-state index in [4.69, 9.17) is 22.1 Å². The summed E-state index contributed by atoms with van der Waals surface area (Å²) in [6.07, 6.45) is 1.40. The van der Waals surface area contributed by atoms with Crippen molar-refractivity contribution in [3.05, 3.63) is 59.0 Å². The van der Waals surface area contributed by atoms with E-state index in [0.29, 0.717) is 18.2 Å². The predicted octanol–water partition coefficient (Wildman–Crippen LogP) is 2.72. The van der Waals surface area contributed by atoms with Crippen LogP contribution in [0.3, 0.4) is 0 Å². The molecule has 0 amide bonds. The van der Waals surface area contributed by atoms with Gasteiger partial charge in [0, 0.05) is 18.4 Å². The molecule has 1 aromatic carbocycles. The van der Waals surface area contributed by atoms with E-state index >= 15 is 0 Å². The predicted molar refractivity (Wildman–Crippen MR) is 102 cm³/mol. The Morgan fingerprint density at radius 1 is 1.27 bits per heavy atom. The van der Waals surface area contributed by atoms with Gasteiger partial charge in [0.05, 0.1) is 42.8 Å². The number of benzene rings is 1. The minimum Gasteiger partial charge on any atom is -0.390 e. The quantitative estimate of drug-likeness (QED) is 0.592. The van der Waals surface area contributed by atoms with Gasteiger partial charge in [-0.25, -0.2) is 4.98 Å². The number of aliphatic hydroxyl groups is 1. The monoisotopic (exact) mass is 374 g/mol. The molecule has 0 saturated carbocycles. The van der Waals surface area contributed by atoms with Gasteiger partial charge in [0.25, 0.3) is 0 Å². The van der Waals surface area contributed by atoms with Crippen molar-refractivity contribution in [1.29, 1.82) is 0 Å². The zero-order valence-electron chi connectivity index (χ0n) is 14.7. The van der Waals surface area contributed by atoms with Gasteiger partial charge < -0.3 is 15.6 Å². The summed E-state index contributed by atoms with van der Waals surface area (Å²) in [6, 6.07) is 11.3. The smallest absolute Gasteiger partial charge is 0.130 e. The first-order chi connectivity index (χ1) is 12.6. The summed E-state index contributed by atoms with van der Waals surface area (Å²) < 4.78 is 7.46. The van der Waals surface area contributed by atoms with E-state index in [-0.39, 0.29) is 12.6 Å². The van der Waals surface area contributed by atoms with Crippen LogP contribution in [0.2, 0.25) is 5.15 Å². The number of aryl methyl sites for hydroxylation is 1. The van der Waals surface area contributed by atoms with E-state index in [1.54, 1.807) is 12.3 Å². The Kier molecular flexibility index (Phi) is 6.21. The van der Waals surface area contributed by atoms with Gasteiger partial charge in [0.1, 0.15) is 5.15 Å². The minimum atomic E-state index is -0.702. The van der Waals surface area contributed by atoms with Crippen LogP contribution < -0.4 is 5.73 Å². The summed E-state index contributed by atoms with van der Waals surface area (Å²) in [5, 5.41) is 16.0. The SMILES string of the molecule is CCn1ncc2cc(Cl)nc(CC(O)COC[C@@H](N)c3ccccc3)c21. The number of halogens is 1. The molecule has 3 rings (SSSR count). The Labute approximate surface area is 157 Å². The van der Waals surface area contributed by atoms with Crippen LogP contribution in [0.15, 0.2) is 42.6 Å². The van der Waals surface area contributed by atoms with Crippen molar-refractivity contribution in [2.45, 2.75) is 32.0 Å². The Hall–Kier alpha value is -1.99. The second kappa shape index (κ2) is 8.60. The number of hydrogen-bond acceptors (Lipinski definition) is 5. The lowest BCUT2D eigenvalue weighted by molar-refractivity contribution is 0.0310. The molecular weight excluding hydrogens is 352 g/mol. The van der Waals surface area contributed by atoms with Gasteiger partial charge in [0.15, 0.2) is 0 Å². The molecule has 7 heteroatoms. The Bertz CT molecular complexity index is 853. The largest absolute Gasteiger partial charge is 0.390 e. The molecule has 6 nitrogen and oxygen atoms in total. The normalized spacial score (nSPS) is 13.8. The van der Waals surface area contributed by atoms with Crippen molar-refractivity contribution in [3.63, 3.8) is 0 Å². The first-order valence-corrected chi connectivity index (χ1v) is 9.03. The highest BCUT2D eigenvalue weighted by molar-refractivity contribution is 6.30. The number of ether oxygens (including phenoxy) is 1. The van der Waals surface area contributed by atoms with Crippen molar-refractivity contribution in [2.24, 2.45) is 5.73 Å². The molecule has 0 spiro atoms. The lowest BCUT2D eigenvalue weighted by Crippen LogP contribution is -2.24. The maximum absolute atomic E-state index is 10.4. The minimum absolute atomic E-state index is 0.177. The fourth-order valence-electron chi connectivity index (χ4n) is 2.96. The Morgan fingerprint density at radius 2 is 2.04 bits per heavy atom. The molecule has 0 radical (unpaired) electrons. The summed E-state index contributed by atoms with van der Waals surface area (Å²) in [5.41, 5.74) is 8.73. The number of nitrogens with two attached hydrogens (primary N) is 1. The fourth-order valence-corrected chi connectivity index (χ4v) is 3.17. The van der Waals surface area contributed by atoms with Gasteiger partial charge in [-0.05, 0) is 18.6 Å². The molecule has 2 aromatic heterocycles. The second-order valence-electron chi connectivity index (χ2n) is 6.20. The molecule has 0 aliphatic rings. The van der Waals surface area contributed by atoms with Gasteiger partial charge in [-0.3, -0.25) is 4.68 Å². The molecule has 0 aliphatic heterocycles. The standard InChI is InChI=1S/C19H23ClN4O2/c1-2-24-19-14(10-22-24)8-18(20)23-17(19)9-15(25)11-26-12-16(21)13-6-4-3-5-7-13/h3-8,10,15-16,25H,2,9,11-12,21H2,1H3/t15?,16-/m1/s1. The molecule has 0 bridgehead atoms. The molecule has 3 aromatic rings. The van der Waals surface area contributed by atoms with E-state index < -0.39 is 6.10 Å². The molecule has 138 valence electrons. The molecule has 0 saturated heterocycles. The lowest BCUT2D eigenvalue weighted by atomic mass is 10.1. The molecule has 2 atom stereocenters. The van der Waals surface area contributed by atoms with E-state index in [2.05, 4.69) is 10.1 Å². The zero-order valence-corrected chi connectivity index (χ0v) is 15.4. The molecular formula is C19H23ClN4O2. The van der Waals surface area contributed by atoms with E-state index in [1.165, 1.54) is 0 Å². The van der Waals surface area contributed by atoms with Crippen molar-refractivity contribution >= 4 is 22.5 Å². The summed E-state index contributed by atoms with van der Waals surface area (Å²) in [7, 11) is 0. The third-order valence-corrected chi connectivity index (χ3v) is 4.41.